The molecule has 6 nitrogen and oxygen atoms in total. The number of rotatable bonds is 3. The standard InChI is InChI=1S/C8H9N3O3/c12-10-4-3-7(11(13)14)5-8(10)9-6-1-2-6/h3-6,9H,1-2H2. The zero-order chi connectivity index (χ0) is 10.1. The third-order valence-electron chi connectivity index (χ3n) is 2.04. The minimum absolute atomic E-state index is 0.0692. The Morgan fingerprint density at radius 1 is 1.57 bits per heavy atom. The van der Waals surface area contributed by atoms with Crippen LogP contribution in [-0.4, -0.2) is 11.0 Å². The summed E-state index contributed by atoms with van der Waals surface area (Å²) in [6.07, 6.45) is 3.17. The molecule has 6 heteroatoms. The van der Waals surface area contributed by atoms with Crippen LogP contribution in [0.15, 0.2) is 18.3 Å². The Labute approximate surface area is 79.9 Å². The maximum absolute atomic E-state index is 11.2. The number of hydrogen-bond acceptors (Lipinski definition) is 4. The van der Waals surface area contributed by atoms with Gasteiger partial charge in [-0.25, -0.2) is 4.73 Å². The van der Waals surface area contributed by atoms with Crippen molar-refractivity contribution in [3.63, 3.8) is 0 Å². The first-order valence-corrected chi connectivity index (χ1v) is 4.31. The third kappa shape index (κ3) is 1.73. The fourth-order valence-electron chi connectivity index (χ4n) is 1.13. The summed E-state index contributed by atoms with van der Waals surface area (Å²) in [4.78, 5) is 9.92. The van der Waals surface area contributed by atoms with Crippen molar-refractivity contribution in [3.8, 4) is 0 Å². The lowest BCUT2D eigenvalue weighted by Crippen LogP contribution is -2.30. The van der Waals surface area contributed by atoms with Crippen molar-refractivity contribution in [2.75, 3.05) is 5.32 Å². The van der Waals surface area contributed by atoms with Gasteiger partial charge in [-0.3, -0.25) is 15.4 Å². The topological polar surface area (TPSA) is 82.1 Å². The fourth-order valence-corrected chi connectivity index (χ4v) is 1.13. The molecule has 14 heavy (non-hydrogen) atoms. The lowest BCUT2D eigenvalue weighted by Gasteiger charge is -2.06. The van der Waals surface area contributed by atoms with Crippen LogP contribution in [0.1, 0.15) is 12.8 Å². The average molecular weight is 195 g/mol. The number of nitrogens with one attached hydrogen (secondary N) is 1. The third-order valence-corrected chi connectivity index (χ3v) is 2.04. The average Bonchev–Trinajstić information content (AvgIpc) is 2.92. The summed E-state index contributed by atoms with van der Waals surface area (Å²) in [6.45, 7) is 0. The van der Waals surface area contributed by atoms with E-state index in [9.17, 15) is 15.3 Å². The van der Waals surface area contributed by atoms with E-state index in [0.29, 0.717) is 10.8 Å². The second-order valence-electron chi connectivity index (χ2n) is 3.27. The minimum atomic E-state index is -0.516. The highest BCUT2D eigenvalue weighted by Crippen LogP contribution is 2.24. The van der Waals surface area contributed by atoms with E-state index in [4.69, 9.17) is 0 Å². The lowest BCUT2D eigenvalue weighted by molar-refractivity contribution is -0.591. The Bertz CT molecular complexity index is 376. The van der Waals surface area contributed by atoms with Crippen molar-refractivity contribution >= 4 is 11.5 Å². The molecule has 0 amide bonds. The summed E-state index contributed by atoms with van der Waals surface area (Å²) >= 11 is 0. The predicted octanol–water partition coefficient (Wildman–Crippen LogP) is 0.802. The zero-order valence-electron chi connectivity index (χ0n) is 7.34. The van der Waals surface area contributed by atoms with Crippen LogP contribution in [0, 0.1) is 15.3 Å². The van der Waals surface area contributed by atoms with Gasteiger partial charge in [-0.1, -0.05) is 0 Å². The fraction of sp³-hybridized carbons (Fsp3) is 0.375. The first-order valence-electron chi connectivity index (χ1n) is 4.31. The van der Waals surface area contributed by atoms with E-state index in [1.165, 1.54) is 12.1 Å². The molecule has 0 bridgehead atoms. The van der Waals surface area contributed by atoms with Gasteiger partial charge in [-0.2, -0.15) is 0 Å². The normalized spacial score (nSPS) is 15.1. The molecule has 0 spiro atoms. The van der Waals surface area contributed by atoms with Crippen LogP contribution in [0.25, 0.3) is 0 Å². The highest BCUT2D eigenvalue weighted by molar-refractivity contribution is 5.41. The van der Waals surface area contributed by atoms with E-state index in [-0.39, 0.29) is 11.5 Å². The molecule has 1 heterocycles. The number of nitrogens with zero attached hydrogens (tertiary/aromatic N) is 2. The number of pyridine rings is 1. The van der Waals surface area contributed by atoms with Gasteiger partial charge in [0.15, 0.2) is 0 Å². The molecule has 0 atom stereocenters. The Balaban J connectivity index is 2.26. The molecule has 74 valence electrons. The number of anilines is 1. The predicted molar refractivity (Wildman–Crippen MR) is 48.7 cm³/mol. The van der Waals surface area contributed by atoms with Gasteiger partial charge in [0.05, 0.1) is 17.0 Å². The summed E-state index contributed by atoms with van der Waals surface area (Å²) in [6, 6.07) is 2.74. The molecule has 0 radical (unpaired) electrons. The number of nitro groups is 1. The second kappa shape index (κ2) is 3.13. The van der Waals surface area contributed by atoms with Crippen LogP contribution in [0.5, 0.6) is 0 Å². The van der Waals surface area contributed by atoms with Gasteiger partial charge in [-0.05, 0) is 12.8 Å². The Morgan fingerprint density at radius 3 is 2.86 bits per heavy atom. The van der Waals surface area contributed by atoms with Crippen molar-refractivity contribution in [1.29, 1.82) is 0 Å². The van der Waals surface area contributed by atoms with E-state index < -0.39 is 4.92 Å². The van der Waals surface area contributed by atoms with Gasteiger partial charge >= 0.3 is 0 Å². The molecule has 0 aliphatic heterocycles. The van der Waals surface area contributed by atoms with Crippen molar-refractivity contribution < 1.29 is 9.65 Å². The number of aromatic nitrogens is 1. The van der Waals surface area contributed by atoms with E-state index in [1.54, 1.807) is 0 Å². The maximum Gasteiger partial charge on any atom is 0.284 e. The summed E-state index contributed by atoms with van der Waals surface area (Å²) < 4.78 is 0.602. The van der Waals surface area contributed by atoms with Crippen molar-refractivity contribution in [1.82, 2.24) is 0 Å². The molecule has 2 rings (SSSR count). The molecule has 0 unspecified atom stereocenters. The molecule has 1 aliphatic carbocycles. The molecule has 1 N–H and O–H groups in total. The molecular weight excluding hydrogens is 186 g/mol. The van der Waals surface area contributed by atoms with E-state index in [0.717, 1.165) is 19.0 Å². The molecule has 0 saturated heterocycles. The Morgan fingerprint density at radius 2 is 2.29 bits per heavy atom. The quantitative estimate of drug-likeness (QED) is 0.334. The van der Waals surface area contributed by atoms with Crippen LogP contribution >= 0.6 is 0 Å². The smallest absolute Gasteiger partial charge is 0.284 e. The van der Waals surface area contributed by atoms with Crippen LogP contribution in [-0.2, 0) is 0 Å². The molecule has 1 aromatic rings. The summed E-state index contributed by atoms with van der Waals surface area (Å²) in [7, 11) is 0. The van der Waals surface area contributed by atoms with Gasteiger partial charge in [0, 0.05) is 0 Å². The van der Waals surface area contributed by atoms with Crippen molar-refractivity contribution in [2.24, 2.45) is 0 Å². The van der Waals surface area contributed by atoms with Crippen molar-refractivity contribution in [2.45, 2.75) is 18.9 Å². The molecule has 1 aliphatic rings. The first kappa shape index (κ1) is 8.74. The SMILES string of the molecule is O=[N+]([O-])c1cc[n+]([O-])c(NC2CC2)c1. The van der Waals surface area contributed by atoms with Gasteiger partial charge in [-0.15, -0.1) is 0 Å². The van der Waals surface area contributed by atoms with Gasteiger partial charge in [0.25, 0.3) is 11.5 Å². The zero-order valence-corrected chi connectivity index (χ0v) is 7.34. The van der Waals surface area contributed by atoms with Gasteiger partial charge in [0.1, 0.15) is 12.3 Å². The van der Waals surface area contributed by atoms with Crippen LogP contribution < -0.4 is 10.0 Å². The molecular formula is C8H9N3O3. The van der Waals surface area contributed by atoms with Crippen molar-refractivity contribution in [3.05, 3.63) is 33.7 Å². The summed E-state index contributed by atoms with van der Waals surface area (Å²) in [5.74, 6) is 0.252. The van der Waals surface area contributed by atoms with Gasteiger partial charge in [0.2, 0.25) is 0 Å². The summed E-state index contributed by atoms with van der Waals surface area (Å²) in [5, 5.41) is 24.5. The molecule has 0 aromatic carbocycles. The highest BCUT2D eigenvalue weighted by Gasteiger charge is 2.27. The highest BCUT2D eigenvalue weighted by atomic mass is 16.6. The minimum Gasteiger partial charge on any atom is -0.711 e. The summed E-state index contributed by atoms with van der Waals surface area (Å²) in [5.41, 5.74) is -0.0692. The Hall–Kier alpha value is -1.85. The van der Waals surface area contributed by atoms with E-state index >= 15 is 0 Å². The maximum atomic E-state index is 11.2. The van der Waals surface area contributed by atoms with Crippen LogP contribution in [0.3, 0.4) is 0 Å². The largest absolute Gasteiger partial charge is 0.711 e. The Kier molecular flexibility index (Phi) is 1.95. The van der Waals surface area contributed by atoms with E-state index in [2.05, 4.69) is 5.32 Å². The molecule has 1 saturated carbocycles. The lowest BCUT2D eigenvalue weighted by atomic mass is 10.4. The number of hydrogen-bond donors (Lipinski definition) is 1. The first-order chi connectivity index (χ1) is 6.66. The molecule has 1 aromatic heterocycles. The molecule has 1 fully saturated rings. The monoisotopic (exact) mass is 195 g/mol. The van der Waals surface area contributed by atoms with E-state index in [1.807, 2.05) is 0 Å². The van der Waals surface area contributed by atoms with Gasteiger partial charge < -0.3 is 5.21 Å². The van der Waals surface area contributed by atoms with Crippen LogP contribution in [0.2, 0.25) is 0 Å². The second-order valence-corrected chi connectivity index (χ2v) is 3.27. The van der Waals surface area contributed by atoms with Crippen LogP contribution in [0.4, 0.5) is 11.5 Å².